The Kier molecular flexibility index (Phi) is 6.65. The van der Waals surface area contributed by atoms with Gasteiger partial charge in [0, 0.05) is 25.8 Å². The first kappa shape index (κ1) is 21.1. The third-order valence-corrected chi connectivity index (χ3v) is 6.15. The number of ether oxygens (including phenoxy) is 1. The molecule has 1 aromatic carbocycles. The van der Waals surface area contributed by atoms with Gasteiger partial charge in [0.15, 0.2) is 0 Å². The van der Waals surface area contributed by atoms with Crippen molar-refractivity contribution in [2.45, 2.75) is 56.7 Å². The minimum absolute atomic E-state index is 0.187. The molecule has 0 saturated carbocycles. The smallest absolute Gasteiger partial charge is 0.381 e. The number of hydrogen-bond acceptors (Lipinski definition) is 3. The Hall–Kier alpha value is -1.60. The molecule has 2 heterocycles. The maximum absolute atomic E-state index is 13.3. The number of carbonyl (C=O) groups excluding carboxylic acids is 1. The van der Waals surface area contributed by atoms with Crippen molar-refractivity contribution in [1.29, 1.82) is 0 Å². The first-order chi connectivity index (χ1) is 13.4. The largest absolute Gasteiger partial charge is 0.416 e. The number of nitrogens with zero attached hydrogens (tertiary/aromatic N) is 1. The summed E-state index contributed by atoms with van der Waals surface area (Å²) >= 11 is 0. The summed E-state index contributed by atoms with van der Waals surface area (Å²) in [5, 5.41) is 3.06. The van der Waals surface area contributed by atoms with Gasteiger partial charge in [0.2, 0.25) is 5.91 Å². The molecule has 156 valence electrons. The molecule has 1 atom stereocenters. The van der Waals surface area contributed by atoms with Crippen LogP contribution in [-0.4, -0.2) is 49.7 Å². The molecule has 2 aliphatic rings. The summed E-state index contributed by atoms with van der Waals surface area (Å²) in [5.41, 5.74) is -1.26. The predicted octanol–water partition coefficient (Wildman–Crippen LogP) is 3.74. The fourth-order valence-corrected chi connectivity index (χ4v) is 4.38. The topological polar surface area (TPSA) is 41.6 Å². The highest BCUT2D eigenvalue weighted by Crippen LogP contribution is 2.38. The number of amides is 1. The molecule has 1 unspecified atom stereocenters. The molecule has 2 saturated heterocycles. The number of benzene rings is 1. The van der Waals surface area contributed by atoms with E-state index in [1.807, 2.05) is 0 Å². The lowest BCUT2D eigenvalue weighted by atomic mass is 9.73. The number of alkyl halides is 3. The molecule has 28 heavy (non-hydrogen) atoms. The molecule has 1 aromatic rings. The van der Waals surface area contributed by atoms with E-state index < -0.39 is 17.2 Å². The second kappa shape index (κ2) is 8.82. The highest BCUT2D eigenvalue weighted by Gasteiger charge is 2.43. The van der Waals surface area contributed by atoms with Crippen LogP contribution in [0.15, 0.2) is 24.3 Å². The van der Waals surface area contributed by atoms with Gasteiger partial charge in [-0.2, -0.15) is 13.2 Å². The van der Waals surface area contributed by atoms with Crippen molar-refractivity contribution in [3.63, 3.8) is 0 Å². The molecule has 0 aromatic heterocycles. The standard InChI is InChI=1S/C21H29F3N2O2/c1-2-18(26-10-3-4-11-26)15-25-19(27)20(8-12-28-13-9-20)16-6-5-7-17(14-16)21(22,23)24/h5-7,14,18H,2-4,8-13,15H2,1H3,(H,25,27). The highest BCUT2D eigenvalue weighted by molar-refractivity contribution is 5.88. The Bertz CT molecular complexity index is 666. The van der Waals surface area contributed by atoms with Crippen LogP contribution < -0.4 is 5.32 Å². The average molecular weight is 398 g/mol. The van der Waals surface area contributed by atoms with Crippen LogP contribution in [0.1, 0.15) is 50.2 Å². The monoisotopic (exact) mass is 398 g/mol. The zero-order chi connectivity index (χ0) is 20.2. The molecule has 7 heteroatoms. The second-order valence-electron chi connectivity index (χ2n) is 7.79. The first-order valence-electron chi connectivity index (χ1n) is 10.1. The van der Waals surface area contributed by atoms with Gasteiger partial charge in [-0.15, -0.1) is 0 Å². The Morgan fingerprint density at radius 3 is 2.54 bits per heavy atom. The van der Waals surface area contributed by atoms with Crippen LogP contribution in [0.4, 0.5) is 13.2 Å². The van der Waals surface area contributed by atoms with Crippen molar-refractivity contribution in [2.24, 2.45) is 0 Å². The molecule has 0 spiro atoms. The summed E-state index contributed by atoms with van der Waals surface area (Å²) in [6, 6.07) is 5.47. The first-order valence-corrected chi connectivity index (χ1v) is 10.1. The third-order valence-electron chi connectivity index (χ3n) is 6.15. The van der Waals surface area contributed by atoms with E-state index in [0.29, 0.717) is 38.2 Å². The van der Waals surface area contributed by atoms with Crippen LogP contribution in [0.3, 0.4) is 0 Å². The lowest BCUT2D eigenvalue weighted by Crippen LogP contribution is -2.51. The van der Waals surface area contributed by atoms with E-state index in [0.717, 1.165) is 31.6 Å². The predicted molar refractivity (Wildman–Crippen MR) is 101 cm³/mol. The van der Waals surface area contributed by atoms with Gasteiger partial charge in [-0.25, -0.2) is 0 Å². The highest BCUT2D eigenvalue weighted by atomic mass is 19.4. The minimum Gasteiger partial charge on any atom is -0.381 e. The zero-order valence-corrected chi connectivity index (χ0v) is 16.4. The lowest BCUT2D eigenvalue weighted by Gasteiger charge is -2.37. The fourth-order valence-electron chi connectivity index (χ4n) is 4.38. The van der Waals surface area contributed by atoms with Crippen molar-refractivity contribution in [3.05, 3.63) is 35.4 Å². The number of rotatable bonds is 6. The number of halogens is 3. The van der Waals surface area contributed by atoms with Gasteiger partial charge in [-0.05, 0) is 56.8 Å². The number of hydrogen-bond donors (Lipinski definition) is 1. The van der Waals surface area contributed by atoms with Gasteiger partial charge in [0.1, 0.15) is 0 Å². The average Bonchev–Trinajstić information content (AvgIpc) is 3.23. The Morgan fingerprint density at radius 1 is 1.25 bits per heavy atom. The molecule has 0 bridgehead atoms. The lowest BCUT2D eigenvalue weighted by molar-refractivity contribution is -0.138. The van der Waals surface area contributed by atoms with Crippen LogP contribution in [0.2, 0.25) is 0 Å². The van der Waals surface area contributed by atoms with Gasteiger partial charge >= 0.3 is 6.18 Å². The Labute approximate surface area is 164 Å². The van der Waals surface area contributed by atoms with Crippen LogP contribution >= 0.6 is 0 Å². The normalized spacial score (nSPS) is 21.4. The van der Waals surface area contributed by atoms with Crippen molar-refractivity contribution in [3.8, 4) is 0 Å². The van der Waals surface area contributed by atoms with E-state index in [4.69, 9.17) is 4.74 Å². The molecule has 3 rings (SSSR count). The van der Waals surface area contributed by atoms with Crippen molar-refractivity contribution < 1.29 is 22.7 Å². The van der Waals surface area contributed by atoms with Gasteiger partial charge < -0.3 is 10.1 Å². The van der Waals surface area contributed by atoms with Crippen molar-refractivity contribution in [1.82, 2.24) is 10.2 Å². The van der Waals surface area contributed by atoms with Gasteiger partial charge in [0.25, 0.3) is 0 Å². The molecular formula is C21H29F3N2O2. The molecule has 1 N–H and O–H groups in total. The van der Waals surface area contributed by atoms with E-state index in [-0.39, 0.29) is 11.9 Å². The number of carbonyl (C=O) groups is 1. The SMILES string of the molecule is CCC(CNC(=O)C1(c2cccc(C(F)(F)F)c2)CCOCC1)N1CCCC1. The van der Waals surface area contributed by atoms with E-state index in [2.05, 4.69) is 17.1 Å². The molecule has 1 amide bonds. The van der Waals surface area contributed by atoms with E-state index >= 15 is 0 Å². The fraction of sp³-hybridized carbons (Fsp3) is 0.667. The quantitative estimate of drug-likeness (QED) is 0.794. The maximum atomic E-state index is 13.3. The Morgan fingerprint density at radius 2 is 1.93 bits per heavy atom. The zero-order valence-electron chi connectivity index (χ0n) is 16.4. The number of likely N-dealkylation sites (tertiary alicyclic amines) is 1. The summed E-state index contributed by atoms with van der Waals surface area (Å²) in [6.45, 7) is 5.45. The van der Waals surface area contributed by atoms with Crippen LogP contribution in [-0.2, 0) is 21.1 Å². The number of nitrogens with one attached hydrogen (secondary N) is 1. The Balaban J connectivity index is 1.80. The third kappa shape index (κ3) is 4.51. The van der Waals surface area contributed by atoms with E-state index in [9.17, 15) is 18.0 Å². The van der Waals surface area contributed by atoms with Crippen molar-refractivity contribution >= 4 is 5.91 Å². The minimum atomic E-state index is -4.43. The molecule has 0 aliphatic carbocycles. The summed E-state index contributed by atoms with van der Waals surface area (Å²) in [5.74, 6) is -0.187. The molecule has 0 radical (unpaired) electrons. The maximum Gasteiger partial charge on any atom is 0.416 e. The summed E-state index contributed by atoms with van der Waals surface area (Å²) < 4.78 is 45.0. The summed E-state index contributed by atoms with van der Waals surface area (Å²) in [6.07, 6.45) is -0.366. The molecular weight excluding hydrogens is 369 g/mol. The molecule has 4 nitrogen and oxygen atoms in total. The van der Waals surface area contributed by atoms with Gasteiger partial charge in [-0.3, -0.25) is 9.69 Å². The van der Waals surface area contributed by atoms with Gasteiger partial charge in [0.05, 0.1) is 11.0 Å². The summed E-state index contributed by atoms with van der Waals surface area (Å²) in [4.78, 5) is 15.6. The van der Waals surface area contributed by atoms with Gasteiger partial charge in [-0.1, -0.05) is 25.1 Å². The van der Waals surface area contributed by atoms with E-state index in [1.54, 1.807) is 6.07 Å². The second-order valence-corrected chi connectivity index (χ2v) is 7.79. The van der Waals surface area contributed by atoms with Crippen LogP contribution in [0.5, 0.6) is 0 Å². The van der Waals surface area contributed by atoms with Crippen molar-refractivity contribution in [2.75, 3.05) is 32.8 Å². The molecule has 2 fully saturated rings. The van der Waals surface area contributed by atoms with Crippen LogP contribution in [0, 0.1) is 0 Å². The summed E-state index contributed by atoms with van der Waals surface area (Å²) in [7, 11) is 0. The van der Waals surface area contributed by atoms with E-state index in [1.165, 1.54) is 18.9 Å². The molecule has 2 aliphatic heterocycles. The van der Waals surface area contributed by atoms with Crippen LogP contribution in [0.25, 0.3) is 0 Å².